The van der Waals surface area contributed by atoms with Gasteiger partial charge in [0.2, 0.25) is 0 Å². The van der Waals surface area contributed by atoms with Crippen molar-refractivity contribution >= 4 is 22.5 Å². The largest absolute Gasteiger partial charge is 0.453 e. The number of rotatable bonds is 4. The van der Waals surface area contributed by atoms with Crippen LogP contribution >= 0.6 is 0 Å². The first-order chi connectivity index (χ1) is 10.8. The smallest absolute Gasteiger partial charge is 0.314 e. The molecule has 1 fully saturated rings. The Bertz CT molecular complexity index is 755. The van der Waals surface area contributed by atoms with Crippen LogP contribution in [-0.2, 0) is 20.7 Å². The summed E-state index contributed by atoms with van der Waals surface area (Å²) in [6.45, 7) is 6.05. The maximum absolute atomic E-state index is 12.3. The quantitative estimate of drug-likeness (QED) is 0.804. The third-order valence-electron chi connectivity index (χ3n) is 4.20. The molecule has 120 valence electrons. The number of hydrogen-bond donors (Lipinski definition) is 0. The Balaban J connectivity index is 1.74. The second kappa shape index (κ2) is 5.80. The van der Waals surface area contributed by atoms with Crippen molar-refractivity contribution in [3.8, 4) is 0 Å². The summed E-state index contributed by atoms with van der Waals surface area (Å²) in [5.41, 5.74) is 0.978. The van der Waals surface area contributed by atoms with Gasteiger partial charge in [0.05, 0.1) is 0 Å². The minimum absolute atomic E-state index is 0.0305. The van der Waals surface area contributed by atoms with Gasteiger partial charge in [-0.1, -0.05) is 63.2 Å². The Morgan fingerprint density at radius 1 is 1.09 bits per heavy atom. The molecule has 2 aromatic carbocycles. The van der Waals surface area contributed by atoms with Crippen LogP contribution in [0.3, 0.4) is 0 Å². The fraction of sp³-hybridized carbons (Fsp3) is 0.400. The molecule has 2 aromatic rings. The molecule has 0 amide bonds. The second-order valence-corrected chi connectivity index (χ2v) is 7.55. The number of ketones is 1. The van der Waals surface area contributed by atoms with Gasteiger partial charge in [-0.2, -0.15) is 0 Å². The lowest BCUT2D eigenvalue weighted by atomic mass is 9.81. The van der Waals surface area contributed by atoms with Gasteiger partial charge in [-0.05, 0) is 28.2 Å². The van der Waals surface area contributed by atoms with Crippen molar-refractivity contribution in [2.24, 2.45) is 11.3 Å². The molecular formula is C20H22O3. The number of cyclic esters (lactones) is 1. The van der Waals surface area contributed by atoms with E-state index in [9.17, 15) is 9.59 Å². The van der Waals surface area contributed by atoms with Gasteiger partial charge >= 0.3 is 5.97 Å². The third-order valence-corrected chi connectivity index (χ3v) is 4.20. The summed E-state index contributed by atoms with van der Waals surface area (Å²) in [6, 6.07) is 14.3. The van der Waals surface area contributed by atoms with E-state index in [1.54, 1.807) is 0 Å². The highest BCUT2D eigenvalue weighted by atomic mass is 16.6. The molecule has 1 saturated heterocycles. The molecule has 0 saturated carbocycles. The summed E-state index contributed by atoms with van der Waals surface area (Å²) >= 11 is 0. The number of esters is 1. The van der Waals surface area contributed by atoms with E-state index in [1.807, 2.05) is 39.0 Å². The van der Waals surface area contributed by atoms with Gasteiger partial charge < -0.3 is 4.74 Å². The van der Waals surface area contributed by atoms with Gasteiger partial charge in [0.1, 0.15) is 5.92 Å². The maximum Gasteiger partial charge on any atom is 0.314 e. The molecular weight excluding hydrogens is 288 g/mol. The van der Waals surface area contributed by atoms with Crippen LogP contribution in [0.25, 0.3) is 10.8 Å². The normalized spacial score (nSPS) is 20.9. The van der Waals surface area contributed by atoms with E-state index in [2.05, 4.69) is 24.3 Å². The number of carbonyl (C=O) groups is 2. The van der Waals surface area contributed by atoms with E-state index < -0.39 is 6.10 Å². The van der Waals surface area contributed by atoms with E-state index >= 15 is 0 Å². The molecule has 0 unspecified atom stereocenters. The number of hydrogen-bond acceptors (Lipinski definition) is 3. The highest BCUT2D eigenvalue weighted by Gasteiger charge is 2.47. The van der Waals surface area contributed by atoms with Crippen molar-refractivity contribution < 1.29 is 14.3 Å². The molecule has 3 heteroatoms. The molecule has 1 heterocycles. The lowest BCUT2D eigenvalue weighted by molar-refractivity contribution is -0.188. The predicted molar refractivity (Wildman–Crippen MR) is 90.1 cm³/mol. The van der Waals surface area contributed by atoms with Gasteiger partial charge in [-0.15, -0.1) is 0 Å². The van der Waals surface area contributed by atoms with Gasteiger partial charge in [-0.25, -0.2) is 0 Å². The molecule has 2 atom stereocenters. The predicted octanol–water partition coefficient (Wildman–Crippen LogP) is 3.93. The maximum atomic E-state index is 12.3. The zero-order valence-corrected chi connectivity index (χ0v) is 13.8. The van der Waals surface area contributed by atoms with Crippen molar-refractivity contribution in [3.63, 3.8) is 0 Å². The van der Waals surface area contributed by atoms with Crippen molar-refractivity contribution in [2.75, 3.05) is 0 Å². The molecule has 0 radical (unpaired) electrons. The highest BCUT2D eigenvalue weighted by molar-refractivity contribution is 5.95. The van der Waals surface area contributed by atoms with Crippen molar-refractivity contribution in [3.05, 3.63) is 48.0 Å². The summed E-state index contributed by atoms with van der Waals surface area (Å²) in [5, 5.41) is 2.32. The molecule has 0 N–H and O–H groups in total. The minimum atomic E-state index is -0.576. The van der Waals surface area contributed by atoms with E-state index in [1.165, 1.54) is 5.39 Å². The lowest BCUT2D eigenvalue weighted by Gasteiger charge is -2.35. The van der Waals surface area contributed by atoms with Crippen LogP contribution in [0, 0.1) is 11.3 Å². The summed E-state index contributed by atoms with van der Waals surface area (Å²) in [7, 11) is 0. The SMILES string of the molecule is CC(C)(C)CC(=O)[C@H]1OC(=O)[C@@H]1Cc1ccc2ccccc2c1. The van der Waals surface area contributed by atoms with Crippen LogP contribution in [0.2, 0.25) is 0 Å². The van der Waals surface area contributed by atoms with E-state index in [0.29, 0.717) is 12.8 Å². The van der Waals surface area contributed by atoms with Gasteiger partial charge in [-0.3, -0.25) is 9.59 Å². The second-order valence-electron chi connectivity index (χ2n) is 7.55. The Morgan fingerprint density at radius 3 is 2.43 bits per heavy atom. The number of carbonyl (C=O) groups excluding carboxylic acids is 2. The van der Waals surface area contributed by atoms with E-state index in [4.69, 9.17) is 4.74 Å². The first-order valence-corrected chi connectivity index (χ1v) is 8.04. The van der Waals surface area contributed by atoms with Crippen molar-refractivity contribution in [2.45, 2.75) is 39.7 Å². The highest BCUT2D eigenvalue weighted by Crippen LogP contribution is 2.31. The average Bonchev–Trinajstić information content (AvgIpc) is 2.48. The lowest BCUT2D eigenvalue weighted by Crippen LogP contribution is -2.51. The number of fused-ring (bicyclic) bond motifs is 1. The number of benzene rings is 2. The van der Waals surface area contributed by atoms with Gasteiger partial charge in [0.25, 0.3) is 0 Å². The van der Waals surface area contributed by atoms with Crippen molar-refractivity contribution in [1.29, 1.82) is 0 Å². The fourth-order valence-corrected chi connectivity index (χ4v) is 3.07. The summed E-state index contributed by atoms with van der Waals surface area (Å²) in [6.07, 6.45) is 0.414. The molecule has 3 rings (SSSR count). The van der Waals surface area contributed by atoms with Crippen LogP contribution in [0.15, 0.2) is 42.5 Å². The minimum Gasteiger partial charge on any atom is -0.453 e. The van der Waals surface area contributed by atoms with Crippen molar-refractivity contribution in [1.82, 2.24) is 0 Å². The molecule has 0 spiro atoms. The Labute approximate surface area is 136 Å². The monoisotopic (exact) mass is 310 g/mol. The van der Waals surface area contributed by atoms with Crippen LogP contribution in [0.1, 0.15) is 32.8 Å². The number of Topliss-reactive ketones (excluding diaryl/α,β-unsaturated/α-hetero) is 1. The molecule has 23 heavy (non-hydrogen) atoms. The number of ether oxygens (including phenoxy) is 1. The Morgan fingerprint density at radius 2 is 1.78 bits per heavy atom. The zero-order chi connectivity index (χ0) is 16.6. The summed E-state index contributed by atoms with van der Waals surface area (Å²) in [5.74, 6) is -0.570. The van der Waals surface area contributed by atoms with Crippen LogP contribution < -0.4 is 0 Å². The van der Waals surface area contributed by atoms with E-state index in [0.717, 1.165) is 10.9 Å². The summed E-state index contributed by atoms with van der Waals surface area (Å²) < 4.78 is 5.13. The topological polar surface area (TPSA) is 43.4 Å². The van der Waals surface area contributed by atoms with Crippen LogP contribution in [0.4, 0.5) is 0 Å². The first kappa shape index (κ1) is 15.7. The van der Waals surface area contributed by atoms with Crippen LogP contribution in [0.5, 0.6) is 0 Å². The molecule has 1 aliphatic rings. The van der Waals surface area contributed by atoms with Gasteiger partial charge in [0, 0.05) is 6.42 Å². The summed E-state index contributed by atoms with van der Waals surface area (Å²) in [4.78, 5) is 24.1. The third kappa shape index (κ3) is 3.44. The van der Waals surface area contributed by atoms with Gasteiger partial charge in [0.15, 0.2) is 11.9 Å². The molecule has 1 aliphatic heterocycles. The first-order valence-electron chi connectivity index (χ1n) is 8.04. The Hall–Kier alpha value is -2.16. The molecule has 0 aromatic heterocycles. The molecule has 0 aliphatic carbocycles. The van der Waals surface area contributed by atoms with Crippen LogP contribution in [-0.4, -0.2) is 17.9 Å². The van der Waals surface area contributed by atoms with E-state index in [-0.39, 0.29) is 23.1 Å². The zero-order valence-electron chi connectivity index (χ0n) is 13.8. The molecule has 3 nitrogen and oxygen atoms in total. The fourth-order valence-electron chi connectivity index (χ4n) is 3.07. The Kier molecular flexibility index (Phi) is 3.97. The average molecular weight is 310 g/mol. The standard InChI is InChI=1S/C20H22O3/c1-20(2,3)12-17(21)18-16(19(22)23-18)11-13-8-9-14-6-4-5-7-15(14)10-13/h4-10,16,18H,11-12H2,1-3H3/t16-,18+/m1/s1. The molecule has 0 bridgehead atoms.